The Kier molecular flexibility index (Phi) is 5.03. The Labute approximate surface area is 150 Å². The molecule has 136 valence electrons. The molecule has 2 aliphatic rings. The molecule has 2 fully saturated rings. The lowest BCUT2D eigenvalue weighted by atomic mass is 9.81. The Bertz CT molecular complexity index is 777. The molecule has 1 saturated carbocycles. The Morgan fingerprint density at radius 3 is 2.50 bits per heavy atom. The number of nitrogens with zero attached hydrogens (tertiary/aromatic N) is 2. The highest BCUT2D eigenvalue weighted by atomic mass is 19.1. The number of ether oxygens (including phenoxy) is 1. The van der Waals surface area contributed by atoms with Crippen molar-refractivity contribution in [3.8, 4) is 6.07 Å². The molecule has 1 aliphatic heterocycles. The van der Waals surface area contributed by atoms with Crippen LogP contribution < -0.4 is 0 Å². The highest BCUT2D eigenvalue weighted by Crippen LogP contribution is 2.38. The normalized spacial score (nSPS) is 23.3. The van der Waals surface area contributed by atoms with Crippen molar-refractivity contribution in [2.45, 2.75) is 45.3 Å². The highest BCUT2D eigenvalue weighted by Gasteiger charge is 2.51. The third-order valence-electron chi connectivity index (χ3n) is 5.15. The zero-order valence-electron chi connectivity index (χ0n) is 14.4. The van der Waals surface area contributed by atoms with Crippen LogP contribution in [0.25, 0.3) is 0 Å². The first-order valence-electron chi connectivity index (χ1n) is 8.66. The molecule has 1 aromatic rings. The summed E-state index contributed by atoms with van der Waals surface area (Å²) in [5, 5.41) is 8.86. The first-order valence-corrected chi connectivity index (χ1v) is 8.66. The van der Waals surface area contributed by atoms with Crippen molar-refractivity contribution in [3.05, 3.63) is 35.1 Å². The maximum Gasteiger partial charge on any atom is 0.329 e. The number of imide groups is 1. The first-order chi connectivity index (χ1) is 12.4. The number of rotatable bonds is 4. The van der Waals surface area contributed by atoms with Crippen molar-refractivity contribution >= 4 is 17.8 Å². The fourth-order valence-corrected chi connectivity index (χ4v) is 3.70. The van der Waals surface area contributed by atoms with E-state index in [4.69, 9.17) is 10.00 Å². The number of halogens is 1. The largest absolute Gasteiger partial charge is 0.459 e. The van der Waals surface area contributed by atoms with Gasteiger partial charge in [0.15, 0.2) is 0 Å². The Balaban J connectivity index is 1.68. The van der Waals surface area contributed by atoms with Crippen LogP contribution in [0.1, 0.15) is 43.7 Å². The number of carbonyl (C=O) groups excluding carboxylic acids is 3. The number of benzene rings is 1. The van der Waals surface area contributed by atoms with Crippen LogP contribution in [0.4, 0.5) is 4.39 Å². The van der Waals surface area contributed by atoms with E-state index in [0.717, 1.165) is 23.8 Å². The van der Waals surface area contributed by atoms with Gasteiger partial charge in [0.25, 0.3) is 0 Å². The monoisotopic (exact) mass is 358 g/mol. The summed E-state index contributed by atoms with van der Waals surface area (Å²) in [6, 6.07) is 4.59. The molecule has 0 spiro atoms. The molecule has 1 heterocycles. The highest BCUT2D eigenvalue weighted by molar-refractivity contribution is 6.07. The average Bonchev–Trinajstić information content (AvgIpc) is 2.91. The standard InChI is InChI=1S/C19H19FN2O4/c1-11(22-17(23)14-4-2-3-5-15(14)18(22)24)19(25)26-10-13-8-12(9-21)6-7-16(13)20/h6-8,11,14-15H,2-5,10H2,1H3/t11-,14?,15?/m0/s1. The van der Waals surface area contributed by atoms with E-state index in [1.165, 1.54) is 19.1 Å². The van der Waals surface area contributed by atoms with Gasteiger partial charge in [0.2, 0.25) is 11.8 Å². The number of nitriles is 1. The van der Waals surface area contributed by atoms with E-state index in [1.54, 1.807) is 0 Å². The molecule has 0 radical (unpaired) electrons. The zero-order chi connectivity index (χ0) is 18.8. The van der Waals surface area contributed by atoms with E-state index in [-0.39, 0.29) is 41.4 Å². The molecule has 1 saturated heterocycles. The summed E-state index contributed by atoms with van der Waals surface area (Å²) in [6.45, 7) is 1.07. The molecule has 6 nitrogen and oxygen atoms in total. The van der Waals surface area contributed by atoms with Crippen molar-refractivity contribution in [1.82, 2.24) is 4.90 Å². The lowest BCUT2D eigenvalue weighted by Gasteiger charge is -2.21. The van der Waals surface area contributed by atoms with Crippen molar-refractivity contribution in [1.29, 1.82) is 5.26 Å². The molecule has 7 heteroatoms. The molecule has 2 unspecified atom stereocenters. The number of hydrogen-bond acceptors (Lipinski definition) is 5. The zero-order valence-corrected chi connectivity index (χ0v) is 14.4. The maximum absolute atomic E-state index is 13.8. The fraction of sp³-hybridized carbons (Fsp3) is 0.474. The molecule has 1 aliphatic carbocycles. The van der Waals surface area contributed by atoms with E-state index in [0.29, 0.717) is 12.8 Å². The van der Waals surface area contributed by atoms with E-state index < -0.39 is 17.8 Å². The minimum atomic E-state index is -1.05. The minimum absolute atomic E-state index is 0.0670. The predicted octanol–water partition coefficient (Wildman–Crippen LogP) is 2.30. The van der Waals surface area contributed by atoms with Gasteiger partial charge in [-0.1, -0.05) is 12.8 Å². The van der Waals surface area contributed by atoms with Crippen LogP contribution in [-0.2, 0) is 25.7 Å². The van der Waals surface area contributed by atoms with Crippen molar-refractivity contribution < 1.29 is 23.5 Å². The topological polar surface area (TPSA) is 87.5 Å². The number of esters is 1. The smallest absolute Gasteiger partial charge is 0.329 e. The van der Waals surface area contributed by atoms with Crippen LogP contribution in [0.2, 0.25) is 0 Å². The first kappa shape index (κ1) is 18.1. The lowest BCUT2D eigenvalue weighted by Crippen LogP contribution is -2.44. The van der Waals surface area contributed by atoms with Crippen molar-refractivity contribution in [2.24, 2.45) is 11.8 Å². The molecule has 2 amide bonds. The van der Waals surface area contributed by atoms with Gasteiger partial charge in [0.05, 0.1) is 23.5 Å². The van der Waals surface area contributed by atoms with Gasteiger partial charge < -0.3 is 4.74 Å². The summed E-state index contributed by atoms with van der Waals surface area (Å²) < 4.78 is 18.9. The van der Waals surface area contributed by atoms with Gasteiger partial charge in [0, 0.05) is 5.56 Å². The van der Waals surface area contributed by atoms with Gasteiger partial charge >= 0.3 is 5.97 Å². The summed E-state index contributed by atoms with van der Waals surface area (Å²) in [5.41, 5.74) is 0.316. The average molecular weight is 358 g/mol. The van der Waals surface area contributed by atoms with Crippen molar-refractivity contribution in [3.63, 3.8) is 0 Å². The molecule has 26 heavy (non-hydrogen) atoms. The summed E-state index contributed by atoms with van der Waals surface area (Å²) in [5.74, 6) is -2.67. The second-order valence-corrected chi connectivity index (χ2v) is 6.75. The molecule has 0 N–H and O–H groups in total. The van der Waals surface area contributed by atoms with Crippen LogP contribution in [0, 0.1) is 29.0 Å². The Morgan fingerprint density at radius 1 is 1.31 bits per heavy atom. The number of fused-ring (bicyclic) bond motifs is 1. The third kappa shape index (κ3) is 3.19. The molecular formula is C19H19FN2O4. The quantitative estimate of drug-likeness (QED) is 0.609. The van der Waals surface area contributed by atoms with Gasteiger partial charge in [-0.15, -0.1) is 0 Å². The van der Waals surface area contributed by atoms with Crippen LogP contribution in [0.5, 0.6) is 0 Å². The second kappa shape index (κ2) is 7.24. The molecule has 0 aromatic heterocycles. The van der Waals surface area contributed by atoms with Gasteiger partial charge in [-0.05, 0) is 38.0 Å². The SMILES string of the molecule is C[C@@H](C(=O)OCc1cc(C#N)ccc1F)N1C(=O)C2CCCCC2C1=O. The fourth-order valence-electron chi connectivity index (χ4n) is 3.70. The third-order valence-corrected chi connectivity index (χ3v) is 5.15. The summed E-state index contributed by atoms with van der Waals surface area (Å²) in [6.07, 6.45) is 3.14. The number of carbonyl (C=O) groups is 3. The van der Waals surface area contributed by atoms with Gasteiger partial charge in [-0.25, -0.2) is 9.18 Å². The van der Waals surface area contributed by atoms with Crippen LogP contribution in [-0.4, -0.2) is 28.7 Å². The van der Waals surface area contributed by atoms with Crippen molar-refractivity contribution in [2.75, 3.05) is 0 Å². The number of likely N-dealkylation sites (tertiary alicyclic amines) is 1. The van der Waals surface area contributed by atoms with Crippen LogP contribution in [0.3, 0.4) is 0 Å². The molecule has 1 aromatic carbocycles. The Morgan fingerprint density at radius 2 is 1.92 bits per heavy atom. The second-order valence-electron chi connectivity index (χ2n) is 6.75. The predicted molar refractivity (Wildman–Crippen MR) is 87.7 cm³/mol. The van der Waals surface area contributed by atoms with Gasteiger partial charge in [0.1, 0.15) is 18.5 Å². The van der Waals surface area contributed by atoms with Gasteiger partial charge in [-0.3, -0.25) is 14.5 Å². The molecule has 3 rings (SSSR count). The van der Waals surface area contributed by atoms with Gasteiger partial charge in [-0.2, -0.15) is 5.26 Å². The maximum atomic E-state index is 13.8. The Hall–Kier alpha value is -2.75. The molecule has 3 atom stereocenters. The molecule has 0 bridgehead atoms. The summed E-state index contributed by atoms with van der Waals surface area (Å²) in [4.78, 5) is 38.3. The van der Waals surface area contributed by atoms with Crippen LogP contribution in [0.15, 0.2) is 18.2 Å². The number of hydrogen-bond donors (Lipinski definition) is 0. The van der Waals surface area contributed by atoms with E-state index in [2.05, 4.69) is 0 Å². The van der Waals surface area contributed by atoms with E-state index in [9.17, 15) is 18.8 Å². The number of amides is 2. The summed E-state index contributed by atoms with van der Waals surface area (Å²) >= 11 is 0. The molecular weight excluding hydrogens is 339 g/mol. The van der Waals surface area contributed by atoms with E-state index >= 15 is 0 Å². The minimum Gasteiger partial charge on any atom is -0.459 e. The lowest BCUT2D eigenvalue weighted by molar-refractivity contribution is -0.159. The van der Waals surface area contributed by atoms with E-state index in [1.807, 2.05) is 6.07 Å². The summed E-state index contributed by atoms with van der Waals surface area (Å²) in [7, 11) is 0. The van der Waals surface area contributed by atoms with Crippen LogP contribution >= 0.6 is 0 Å².